The number of carboxylic acid groups (broad SMARTS) is 1. The van der Waals surface area contributed by atoms with E-state index in [1.165, 1.54) is 6.07 Å². The summed E-state index contributed by atoms with van der Waals surface area (Å²) in [5, 5.41) is 8.97. The van der Waals surface area contributed by atoms with Crippen molar-refractivity contribution in [2.24, 2.45) is 0 Å². The van der Waals surface area contributed by atoms with Crippen molar-refractivity contribution in [2.45, 2.75) is 6.54 Å². The number of rotatable bonds is 5. The van der Waals surface area contributed by atoms with Crippen molar-refractivity contribution in [3.8, 4) is 0 Å². The van der Waals surface area contributed by atoms with Gasteiger partial charge in [0.1, 0.15) is 5.82 Å². The second kappa shape index (κ2) is 8.92. The summed E-state index contributed by atoms with van der Waals surface area (Å²) < 4.78 is 15.8. The molecule has 5 heteroatoms. The fourth-order valence-corrected chi connectivity index (χ4v) is 2.52. The summed E-state index contributed by atoms with van der Waals surface area (Å²) in [6.07, 6.45) is 5.55. The number of carbonyl (C=O) groups is 1. The zero-order valence-corrected chi connectivity index (χ0v) is 14.6. The summed E-state index contributed by atoms with van der Waals surface area (Å²) in [6.45, 7) is 0.595. The Hall–Kier alpha value is -2.98. The predicted octanol–water partition coefficient (Wildman–Crippen LogP) is 1.03. The molecule has 0 saturated carbocycles. The summed E-state index contributed by atoms with van der Waals surface area (Å²) in [7, 11) is 0. The zero-order chi connectivity index (χ0) is 17.6. The number of benzene rings is 2. The van der Waals surface area contributed by atoms with Gasteiger partial charge in [-0.05, 0) is 30.3 Å². The minimum Gasteiger partial charge on any atom is -1.00 e. The molecule has 0 aliphatic carbocycles. The third-order valence-electron chi connectivity index (χ3n) is 3.87. The van der Waals surface area contributed by atoms with E-state index in [1.54, 1.807) is 48.5 Å². The Kier molecular flexibility index (Phi) is 6.64. The van der Waals surface area contributed by atoms with Gasteiger partial charge in [0.15, 0.2) is 12.7 Å². The molecule has 0 saturated heterocycles. The van der Waals surface area contributed by atoms with Crippen LogP contribution in [-0.4, -0.2) is 11.1 Å². The van der Waals surface area contributed by atoms with Crippen molar-refractivity contribution in [3.63, 3.8) is 0 Å². The Morgan fingerprint density at radius 1 is 0.962 bits per heavy atom. The number of nitrogens with zero attached hydrogens (tertiary/aromatic N) is 1. The largest absolute Gasteiger partial charge is 1.00 e. The maximum atomic E-state index is 13.7. The molecule has 0 fully saturated rings. The van der Waals surface area contributed by atoms with Gasteiger partial charge in [-0.1, -0.05) is 30.3 Å². The first-order valence-electron chi connectivity index (χ1n) is 7.87. The average Bonchev–Trinajstić information content (AvgIpc) is 2.62. The zero-order valence-electron chi connectivity index (χ0n) is 13.8. The Labute approximate surface area is 157 Å². The Morgan fingerprint density at radius 3 is 2.35 bits per heavy atom. The molecule has 0 radical (unpaired) electrons. The van der Waals surface area contributed by atoms with Gasteiger partial charge in [0.25, 0.3) is 0 Å². The standard InChI is InChI=1S/C21H16FNO2.ClH/c22-20-7-2-1-5-17(20)12-13-19-6-3-4-14-23(19)15-16-8-10-18(11-9-16)21(24)25;/h1-14H,15H2;1H/b13-12+;. The summed E-state index contributed by atoms with van der Waals surface area (Å²) in [5.74, 6) is -1.20. The molecule has 0 atom stereocenters. The topological polar surface area (TPSA) is 41.2 Å². The summed E-state index contributed by atoms with van der Waals surface area (Å²) >= 11 is 0. The van der Waals surface area contributed by atoms with Crippen LogP contribution in [0.2, 0.25) is 0 Å². The van der Waals surface area contributed by atoms with Crippen LogP contribution in [0, 0.1) is 5.82 Å². The van der Waals surface area contributed by atoms with E-state index in [0.717, 1.165) is 11.3 Å². The molecule has 3 aromatic rings. The van der Waals surface area contributed by atoms with Crippen molar-refractivity contribution in [3.05, 3.63) is 101 Å². The number of hydrogen-bond acceptors (Lipinski definition) is 1. The molecule has 2 aromatic carbocycles. The van der Waals surface area contributed by atoms with Crippen LogP contribution in [0.1, 0.15) is 27.2 Å². The van der Waals surface area contributed by atoms with Gasteiger partial charge >= 0.3 is 5.97 Å². The quantitative estimate of drug-likeness (QED) is 0.683. The van der Waals surface area contributed by atoms with Gasteiger partial charge in [0.2, 0.25) is 5.69 Å². The molecule has 0 unspecified atom stereocenters. The van der Waals surface area contributed by atoms with E-state index in [-0.39, 0.29) is 23.8 Å². The average molecular weight is 370 g/mol. The summed E-state index contributed by atoms with van der Waals surface area (Å²) in [6, 6.07) is 19.2. The van der Waals surface area contributed by atoms with E-state index < -0.39 is 5.97 Å². The van der Waals surface area contributed by atoms with Crippen LogP contribution in [0.15, 0.2) is 72.9 Å². The monoisotopic (exact) mass is 369 g/mol. The van der Waals surface area contributed by atoms with E-state index in [2.05, 4.69) is 0 Å². The minimum absolute atomic E-state index is 0. The minimum atomic E-state index is -0.938. The molecular weight excluding hydrogens is 353 g/mol. The van der Waals surface area contributed by atoms with Gasteiger partial charge in [-0.25, -0.2) is 9.18 Å². The molecular formula is C21H17ClFNO2. The first-order chi connectivity index (χ1) is 12.1. The number of aromatic carboxylic acids is 1. The molecule has 0 aliphatic rings. The Morgan fingerprint density at radius 2 is 1.65 bits per heavy atom. The first kappa shape index (κ1) is 19.3. The van der Waals surface area contributed by atoms with Gasteiger partial charge in [-0.3, -0.25) is 0 Å². The highest BCUT2D eigenvalue weighted by Gasteiger charge is 2.09. The van der Waals surface area contributed by atoms with Crippen LogP contribution in [0.4, 0.5) is 4.39 Å². The number of hydrogen-bond donors (Lipinski definition) is 1. The highest BCUT2D eigenvalue weighted by atomic mass is 35.5. The van der Waals surface area contributed by atoms with Crippen LogP contribution >= 0.6 is 0 Å². The normalized spacial score (nSPS) is 10.5. The molecule has 3 nitrogen and oxygen atoms in total. The molecule has 26 heavy (non-hydrogen) atoms. The number of halogens is 2. The summed E-state index contributed by atoms with van der Waals surface area (Å²) in [4.78, 5) is 10.9. The van der Waals surface area contributed by atoms with Gasteiger partial charge < -0.3 is 17.5 Å². The van der Waals surface area contributed by atoms with Crippen LogP contribution in [0.3, 0.4) is 0 Å². The lowest BCUT2D eigenvalue weighted by Crippen LogP contribution is -3.00. The van der Waals surface area contributed by atoms with Crippen molar-refractivity contribution in [2.75, 3.05) is 0 Å². The van der Waals surface area contributed by atoms with E-state index >= 15 is 0 Å². The smallest absolute Gasteiger partial charge is 0.335 e. The van der Waals surface area contributed by atoms with E-state index in [9.17, 15) is 9.18 Å². The van der Waals surface area contributed by atoms with E-state index in [1.807, 2.05) is 35.0 Å². The van der Waals surface area contributed by atoms with Crippen LogP contribution in [0.25, 0.3) is 12.2 Å². The fraction of sp³-hybridized carbons (Fsp3) is 0.0476. The molecule has 132 valence electrons. The predicted molar refractivity (Wildman–Crippen MR) is 94.5 cm³/mol. The molecule has 3 rings (SSSR count). The van der Waals surface area contributed by atoms with Gasteiger partial charge in [0, 0.05) is 29.3 Å². The molecule has 0 bridgehead atoms. The highest BCUT2D eigenvalue weighted by Crippen LogP contribution is 2.11. The van der Waals surface area contributed by atoms with Crippen molar-refractivity contribution in [1.29, 1.82) is 0 Å². The lowest BCUT2D eigenvalue weighted by atomic mass is 10.1. The Balaban J connectivity index is 0.00000243. The van der Waals surface area contributed by atoms with Gasteiger partial charge in [-0.15, -0.1) is 0 Å². The summed E-state index contributed by atoms with van der Waals surface area (Å²) in [5.41, 5.74) is 2.71. The second-order valence-electron chi connectivity index (χ2n) is 5.61. The van der Waals surface area contributed by atoms with Crippen molar-refractivity contribution in [1.82, 2.24) is 0 Å². The maximum Gasteiger partial charge on any atom is 0.335 e. The first-order valence-corrected chi connectivity index (χ1v) is 7.87. The molecule has 0 amide bonds. The third-order valence-corrected chi connectivity index (χ3v) is 3.87. The van der Waals surface area contributed by atoms with Crippen LogP contribution < -0.4 is 17.0 Å². The second-order valence-corrected chi connectivity index (χ2v) is 5.61. The number of carboxylic acids is 1. The SMILES string of the molecule is O=C(O)c1ccc(C[n+]2ccccc2/C=C/c2ccccc2F)cc1.[Cl-]. The molecule has 1 aromatic heterocycles. The molecule has 0 aliphatic heterocycles. The fourth-order valence-electron chi connectivity index (χ4n) is 2.52. The number of aromatic nitrogens is 1. The number of pyridine rings is 1. The van der Waals surface area contributed by atoms with Gasteiger partial charge in [0.05, 0.1) is 5.56 Å². The lowest BCUT2D eigenvalue weighted by Gasteiger charge is -2.02. The van der Waals surface area contributed by atoms with Crippen LogP contribution in [-0.2, 0) is 6.54 Å². The van der Waals surface area contributed by atoms with E-state index in [0.29, 0.717) is 12.1 Å². The van der Waals surface area contributed by atoms with E-state index in [4.69, 9.17) is 5.11 Å². The van der Waals surface area contributed by atoms with Crippen LogP contribution in [0.5, 0.6) is 0 Å². The highest BCUT2D eigenvalue weighted by molar-refractivity contribution is 5.87. The third kappa shape index (κ3) is 4.77. The Bertz CT molecular complexity index is 923. The maximum absolute atomic E-state index is 13.7. The van der Waals surface area contributed by atoms with Crippen molar-refractivity contribution < 1.29 is 31.3 Å². The van der Waals surface area contributed by atoms with Gasteiger partial charge in [-0.2, -0.15) is 4.57 Å². The molecule has 1 N–H and O–H groups in total. The van der Waals surface area contributed by atoms with Crippen molar-refractivity contribution >= 4 is 18.1 Å². The molecule has 1 heterocycles. The lowest BCUT2D eigenvalue weighted by molar-refractivity contribution is -0.690. The molecule has 0 spiro atoms.